The lowest BCUT2D eigenvalue weighted by Crippen LogP contribution is -2.49. The van der Waals surface area contributed by atoms with Crippen LogP contribution in [0.25, 0.3) is 0 Å². The van der Waals surface area contributed by atoms with Crippen LogP contribution in [0, 0.1) is 5.82 Å². The predicted octanol–water partition coefficient (Wildman–Crippen LogP) is 1.11. The van der Waals surface area contributed by atoms with Gasteiger partial charge in [0.2, 0.25) is 0 Å². The highest BCUT2D eigenvalue weighted by Crippen LogP contribution is 2.16. The van der Waals surface area contributed by atoms with Crippen LogP contribution in [0.5, 0.6) is 0 Å². The van der Waals surface area contributed by atoms with Gasteiger partial charge in [-0.1, -0.05) is 12.1 Å². The molecule has 0 unspecified atom stereocenters. The first-order chi connectivity index (χ1) is 11.4. The second-order valence-corrected chi connectivity index (χ2v) is 7.88. The van der Waals surface area contributed by atoms with Gasteiger partial charge in [-0.05, 0) is 24.1 Å². The summed E-state index contributed by atoms with van der Waals surface area (Å²) < 4.78 is 41.0. The van der Waals surface area contributed by atoms with Gasteiger partial charge < -0.3 is 9.47 Å². The van der Waals surface area contributed by atoms with Crippen molar-refractivity contribution in [3.8, 4) is 0 Å². The molecule has 0 atom stereocenters. The zero-order valence-electron chi connectivity index (χ0n) is 13.6. The van der Waals surface area contributed by atoms with Gasteiger partial charge in [-0.2, -0.15) is 4.31 Å². The van der Waals surface area contributed by atoms with Crippen LogP contribution >= 0.6 is 0 Å². The Morgan fingerprint density at radius 2 is 1.79 bits per heavy atom. The van der Waals surface area contributed by atoms with Crippen LogP contribution in [0.3, 0.4) is 0 Å². The van der Waals surface area contributed by atoms with Crippen molar-refractivity contribution in [3.63, 3.8) is 0 Å². The van der Waals surface area contributed by atoms with E-state index in [-0.39, 0.29) is 10.8 Å². The quantitative estimate of drug-likeness (QED) is 0.809. The Balaban J connectivity index is 1.53. The summed E-state index contributed by atoms with van der Waals surface area (Å²) in [6, 6.07) is 6.51. The molecule has 2 aromatic rings. The van der Waals surface area contributed by atoms with Gasteiger partial charge in [-0.15, -0.1) is 0 Å². The van der Waals surface area contributed by atoms with E-state index in [1.54, 1.807) is 23.7 Å². The average molecular weight is 352 g/mol. The number of piperazine rings is 1. The summed E-state index contributed by atoms with van der Waals surface area (Å²) in [4.78, 5) is 6.18. The molecule has 0 saturated carbocycles. The molecule has 1 aromatic carbocycles. The third-order valence-electron chi connectivity index (χ3n) is 4.25. The first-order valence-electron chi connectivity index (χ1n) is 7.90. The lowest BCUT2D eigenvalue weighted by atomic mass is 10.1. The van der Waals surface area contributed by atoms with E-state index in [4.69, 9.17) is 0 Å². The van der Waals surface area contributed by atoms with Crippen molar-refractivity contribution < 1.29 is 12.8 Å². The normalized spacial score (nSPS) is 17.2. The Morgan fingerprint density at radius 3 is 2.38 bits per heavy atom. The van der Waals surface area contributed by atoms with E-state index in [9.17, 15) is 12.8 Å². The third kappa shape index (κ3) is 3.82. The summed E-state index contributed by atoms with van der Waals surface area (Å²) in [7, 11) is -1.75. The minimum absolute atomic E-state index is 0.102. The lowest BCUT2D eigenvalue weighted by molar-refractivity contribution is 0.190. The van der Waals surface area contributed by atoms with Gasteiger partial charge in [-0.3, -0.25) is 0 Å². The number of benzene rings is 1. The average Bonchev–Trinajstić information content (AvgIpc) is 3.02. The van der Waals surface area contributed by atoms with Crippen LogP contribution in [0.1, 0.15) is 5.56 Å². The minimum Gasteiger partial charge on any atom is -0.339 e. The van der Waals surface area contributed by atoms with Gasteiger partial charge >= 0.3 is 0 Å². The summed E-state index contributed by atoms with van der Waals surface area (Å²) in [5, 5.41) is 0.102. The van der Waals surface area contributed by atoms with Crippen LogP contribution in [0.2, 0.25) is 0 Å². The van der Waals surface area contributed by atoms with E-state index >= 15 is 0 Å². The molecule has 1 aliphatic rings. The van der Waals surface area contributed by atoms with E-state index in [1.165, 1.54) is 29.0 Å². The van der Waals surface area contributed by atoms with Gasteiger partial charge in [0.25, 0.3) is 10.0 Å². The highest BCUT2D eigenvalue weighted by molar-refractivity contribution is 7.89. The summed E-state index contributed by atoms with van der Waals surface area (Å²) in [6.45, 7) is 3.13. The molecule has 0 bridgehead atoms. The van der Waals surface area contributed by atoms with E-state index in [0.29, 0.717) is 26.2 Å². The summed E-state index contributed by atoms with van der Waals surface area (Å²) in [5.74, 6) is -0.230. The van der Waals surface area contributed by atoms with Crippen molar-refractivity contribution >= 4 is 10.0 Å². The molecule has 0 spiro atoms. The van der Waals surface area contributed by atoms with Gasteiger partial charge in [0.15, 0.2) is 5.03 Å². The molecular weight excluding hydrogens is 331 g/mol. The zero-order chi connectivity index (χ0) is 17.2. The maximum atomic E-state index is 12.9. The molecule has 0 aliphatic carbocycles. The molecule has 6 nitrogen and oxygen atoms in total. The molecule has 1 fully saturated rings. The second-order valence-electron chi connectivity index (χ2n) is 6.00. The largest absolute Gasteiger partial charge is 0.339 e. The number of halogens is 1. The Labute approximate surface area is 141 Å². The van der Waals surface area contributed by atoms with Crippen molar-refractivity contribution in [2.45, 2.75) is 11.4 Å². The minimum atomic E-state index is -3.50. The van der Waals surface area contributed by atoms with Gasteiger partial charge in [-0.25, -0.2) is 17.8 Å². The fourth-order valence-electron chi connectivity index (χ4n) is 2.79. The van der Waals surface area contributed by atoms with Gasteiger partial charge in [0, 0.05) is 46.0 Å². The smallest absolute Gasteiger partial charge is 0.262 e. The number of rotatable bonds is 5. The Kier molecular flexibility index (Phi) is 4.98. The van der Waals surface area contributed by atoms with Crippen LogP contribution in [0.15, 0.2) is 41.8 Å². The SMILES string of the molecule is Cn1cnc(S(=O)(=O)N2CCN(CCc3ccc(F)cc3)CC2)c1. The van der Waals surface area contributed by atoms with Crippen LogP contribution in [-0.2, 0) is 23.5 Å². The molecule has 1 aromatic heterocycles. The fourth-order valence-corrected chi connectivity index (χ4v) is 4.17. The number of sulfonamides is 1. The highest BCUT2D eigenvalue weighted by Gasteiger charge is 2.29. The summed E-state index contributed by atoms with van der Waals surface area (Å²) in [5.41, 5.74) is 1.08. The predicted molar refractivity (Wildman–Crippen MR) is 88.5 cm³/mol. The number of hydrogen-bond acceptors (Lipinski definition) is 4. The number of nitrogens with zero attached hydrogens (tertiary/aromatic N) is 4. The Morgan fingerprint density at radius 1 is 1.12 bits per heavy atom. The van der Waals surface area contributed by atoms with Gasteiger partial charge in [0.1, 0.15) is 5.82 Å². The van der Waals surface area contributed by atoms with Crippen molar-refractivity contribution in [1.82, 2.24) is 18.8 Å². The molecule has 8 heteroatoms. The first-order valence-corrected chi connectivity index (χ1v) is 9.34. The van der Waals surface area contributed by atoms with E-state index in [0.717, 1.165) is 18.5 Å². The maximum Gasteiger partial charge on any atom is 0.262 e. The van der Waals surface area contributed by atoms with E-state index in [1.807, 2.05) is 0 Å². The molecule has 3 rings (SSSR count). The fraction of sp³-hybridized carbons (Fsp3) is 0.438. The molecule has 0 N–H and O–H groups in total. The Bertz CT molecular complexity index is 781. The molecule has 130 valence electrons. The second kappa shape index (κ2) is 7.00. The van der Waals surface area contributed by atoms with Crippen LogP contribution in [0.4, 0.5) is 4.39 Å². The summed E-state index contributed by atoms with van der Waals surface area (Å²) in [6.07, 6.45) is 3.84. The molecule has 1 aliphatic heterocycles. The lowest BCUT2D eigenvalue weighted by Gasteiger charge is -2.33. The molecule has 0 amide bonds. The molecule has 2 heterocycles. The van der Waals surface area contributed by atoms with Crippen molar-refractivity contribution in [3.05, 3.63) is 48.2 Å². The van der Waals surface area contributed by atoms with Gasteiger partial charge in [0.05, 0.1) is 6.33 Å². The molecular formula is C16H21FN4O2S. The number of aryl methyl sites for hydroxylation is 1. The van der Waals surface area contributed by atoms with Crippen LogP contribution in [-0.4, -0.2) is 59.9 Å². The summed E-state index contributed by atoms with van der Waals surface area (Å²) >= 11 is 0. The third-order valence-corrected chi connectivity index (χ3v) is 6.03. The zero-order valence-corrected chi connectivity index (χ0v) is 14.4. The first kappa shape index (κ1) is 17.1. The number of imidazole rings is 1. The molecule has 1 saturated heterocycles. The van der Waals surface area contributed by atoms with Crippen molar-refractivity contribution in [2.24, 2.45) is 7.05 Å². The van der Waals surface area contributed by atoms with Crippen LogP contribution < -0.4 is 0 Å². The standard InChI is InChI=1S/C16H21FN4O2S/c1-19-12-16(18-13-19)24(22,23)21-10-8-20(9-11-21)7-6-14-2-4-15(17)5-3-14/h2-5,12-13H,6-11H2,1H3. The Hall–Kier alpha value is -1.77. The van der Waals surface area contributed by atoms with Crippen molar-refractivity contribution in [1.29, 1.82) is 0 Å². The van der Waals surface area contributed by atoms with Crippen molar-refractivity contribution in [2.75, 3.05) is 32.7 Å². The topological polar surface area (TPSA) is 58.4 Å². The molecule has 24 heavy (non-hydrogen) atoms. The number of aromatic nitrogens is 2. The maximum absolute atomic E-state index is 12.9. The van der Waals surface area contributed by atoms with E-state index < -0.39 is 10.0 Å². The monoisotopic (exact) mass is 352 g/mol. The van der Waals surface area contributed by atoms with E-state index in [2.05, 4.69) is 9.88 Å². The highest BCUT2D eigenvalue weighted by atomic mass is 32.2. The molecule has 0 radical (unpaired) electrons. The number of hydrogen-bond donors (Lipinski definition) is 0.